The number of hydrogen-bond acceptors (Lipinski definition) is 4. The number of carboxylic acid groups (broad SMARTS) is 2. The summed E-state index contributed by atoms with van der Waals surface area (Å²) in [6.07, 6.45) is 3.89. The van der Waals surface area contributed by atoms with Crippen LogP contribution in [0.1, 0.15) is 25.3 Å². The molecule has 2 saturated carbocycles. The third-order valence-corrected chi connectivity index (χ3v) is 5.78. The lowest BCUT2D eigenvalue weighted by Crippen LogP contribution is -2.65. The van der Waals surface area contributed by atoms with Crippen molar-refractivity contribution in [2.45, 2.75) is 31.9 Å². The molecule has 0 aromatic heterocycles. The molecule has 2 fully saturated rings. The molecule has 2 bridgehead atoms. The summed E-state index contributed by atoms with van der Waals surface area (Å²) in [5.41, 5.74) is -1.11. The van der Waals surface area contributed by atoms with E-state index in [9.17, 15) is 24.6 Å². The summed E-state index contributed by atoms with van der Waals surface area (Å²) in [5, 5.41) is 22.1. The standard InChI is InChI=1S/C20H23NO6/c1-2-6-13-9-14-10-15(13)20(18(24)25,16(14)17(22)23)21-19(26)27-11-12-7-4-3-5-8-12/h2-8,13-16H,9-11H2,1H3,(H,21,26)(H,22,23)(H,24,25)/b6-2+/t13-,14-,15-,16-,20-/m1/s1. The van der Waals surface area contributed by atoms with Crippen LogP contribution in [0.25, 0.3) is 0 Å². The van der Waals surface area contributed by atoms with E-state index in [0.29, 0.717) is 12.8 Å². The van der Waals surface area contributed by atoms with Gasteiger partial charge in [0.2, 0.25) is 0 Å². The van der Waals surface area contributed by atoms with Crippen LogP contribution in [0.2, 0.25) is 0 Å². The van der Waals surface area contributed by atoms with Gasteiger partial charge in [-0.25, -0.2) is 9.59 Å². The maximum absolute atomic E-state index is 12.4. The Kier molecular flexibility index (Phi) is 5.21. The quantitative estimate of drug-likeness (QED) is 0.661. The smallest absolute Gasteiger partial charge is 0.408 e. The van der Waals surface area contributed by atoms with Crippen molar-refractivity contribution in [1.29, 1.82) is 0 Å². The second-order valence-electron chi connectivity index (χ2n) is 7.20. The van der Waals surface area contributed by atoms with Crippen molar-refractivity contribution in [3.05, 3.63) is 48.0 Å². The van der Waals surface area contributed by atoms with Crippen LogP contribution in [0.5, 0.6) is 0 Å². The molecule has 2 aliphatic carbocycles. The van der Waals surface area contributed by atoms with Crippen LogP contribution >= 0.6 is 0 Å². The Balaban J connectivity index is 1.83. The average Bonchev–Trinajstić information content (AvgIpc) is 3.17. The number of nitrogens with one attached hydrogen (secondary N) is 1. The minimum atomic E-state index is -1.87. The minimum absolute atomic E-state index is 0.0213. The van der Waals surface area contributed by atoms with Crippen LogP contribution in [0.15, 0.2) is 42.5 Å². The number of alkyl carbamates (subject to hydrolysis) is 1. The van der Waals surface area contributed by atoms with Gasteiger partial charge < -0.3 is 20.3 Å². The highest BCUT2D eigenvalue weighted by molar-refractivity contribution is 5.92. The Labute approximate surface area is 157 Å². The Bertz CT molecular complexity index is 761. The van der Waals surface area contributed by atoms with E-state index >= 15 is 0 Å². The van der Waals surface area contributed by atoms with Gasteiger partial charge in [-0.05, 0) is 37.2 Å². The van der Waals surface area contributed by atoms with Crippen molar-refractivity contribution in [3.63, 3.8) is 0 Å². The number of aliphatic carboxylic acids is 2. The van der Waals surface area contributed by atoms with Gasteiger partial charge in [0, 0.05) is 5.92 Å². The normalized spacial score (nSPS) is 31.7. The zero-order chi connectivity index (χ0) is 19.6. The van der Waals surface area contributed by atoms with E-state index in [4.69, 9.17) is 4.74 Å². The van der Waals surface area contributed by atoms with Crippen molar-refractivity contribution in [1.82, 2.24) is 5.32 Å². The van der Waals surface area contributed by atoms with Gasteiger partial charge in [-0.1, -0.05) is 42.5 Å². The summed E-state index contributed by atoms with van der Waals surface area (Å²) in [7, 11) is 0. The first-order valence-corrected chi connectivity index (χ1v) is 8.98. The molecule has 1 aromatic carbocycles. The highest BCUT2D eigenvalue weighted by Gasteiger charge is 2.69. The van der Waals surface area contributed by atoms with Crippen molar-refractivity contribution in [2.24, 2.45) is 23.7 Å². The summed E-state index contributed by atoms with van der Waals surface area (Å²) in [4.78, 5) is 36.5. The number of ether oxygens (including phenoxy) is 1. The van der Waals surface area contributed by atoms with E-state index in [2.05, 4.69) is 5.32 Å². The molecule has 27 heavy (non-hydrogen) atoms. The first-order valence-electron chi connectivity index (χ1n) is 8.98. The molecule has 3 rings (SSSR count). The van der Waals surface area contributed by atoms with Crippen molar-refractivity contribution in [2.75, 3.05) is 0 Å². The lowest BCUT2D eigenvalue weighted by Gasteiger charge is -2.41. The van der Waals surface area contributed by atoms with Crippen molar-refractivity contribution < 1.29 is 29.3 Å². The highest BCUT2D eigenvalue weighted by atomic mass is 16.5. The van der Waals surface area contributed by atoms with Crippen LogP contribution < -0.4 is 5.32 Å². The Morgan fingerprint density at radius 2 is 1.93 bits per heavy atom. The fourth-order valence-corrected chi connectivity index (χ4v) is 4.81. The summed E-state index contributed by atoms with van der Waals surface area (Å²) in [5.74, 6) is -4.56. The molecule has 144 valence electrons. The summed E-state index contributed by atoms with van der Waals surface area (Å²) < 4.78 is 5.17. The third kappa shape index (κ3) is 3.29. The fourth-order valence-electron chi connectivity index (χ4n) is 4.81. The SMILES string of the molecule is C/C=C/[C@@H]1C[C@@H]2C[C@H]1[C@](NC(=O)OCc1ccccc1)(C(=O)O)[C@H]2C(=O)O. The number of allylic oxidation sites excluding steroid dienone is 2. The highest BCUT2D eigenvalue weighted by Crippen LogP contribution is 2.58. The van der Waals surface area contributed by atoms with Gasteiger partial charge in [0.25, 0.3) is 0 Å². The molecule has 0 radical (unpaired) electrons. The number of amides is 1. The van der Waals surface area contributed by atoms with E-state index in [1.54, 1.807) is 24.3 Å². The van der Waals surface area contributed by atoms with Crippen LogP contribution in [0, 0.1) is 23.7 Å². The predicted molar refractivity (Wildman–Crippen MR) is 95.8 cm³/mol. The lowest BCUT2D eigenvalue weighted by molar-refractivity contribution is -0.161. The van der Waals surface area contributed by atoms with Crippen LogP contribution in [-0.4, -0.2) is 33.8 Å². The predicted octanol–water partition coefficient (Wildman–Crippen LogP) is 2.67. The molecule has 0 unspecified atom stereocenters. The molecule has 5 atom stereocenters. The summed E-state index contributed by atoms with van der Waals surface area (Å²) in [6, 6.07) is 8.98. The monoisotopic (exact) mass is 373 g/mol. The van der Waals surface area contributed by atoms with Gasteiger partial charge in [0.1, 0.15) is 6.61 Å². The van der Waals surface area contributed by atoms with E-state index in [0.717, 1.165) is 5.56 Å². The maximum Gasteiger partial charge on any atom is 0.408 e. The molecular formula is C20H23NO6. The molecule has 0 saturated heterocycles. The number of benzene rings is 1. The van der Waals surface area contributed by atoms with Gasteiger partial charge in [-0.2, -0.15) is 0 Å². The number of carboxylic acids is 2. The van der Waals surface area contributed by atoms with Crippen LogP contribution in [-0.2, 0) is 20.9 Å². The van der Waals surface area contributed by atoms with E-state index < -0.39 is 35.4 Å². The zero-order valence-electron chi connectivity index (χ0n) is 15.0. The molecular weight excluding hydrogens is 350 g/mol. The fraction of sp³-hybridized carbons (Fsp3) is 0.450. The zero-order valence-corrected chi connectivity index (χ0v) is 15.0. The van der Waals surface area contributed by atoms with Gasteiger partial charge in [0.15, 0.2) is 5.54 Å². The summed E-state index contributed by atoms with van der Waals surface area (Å²) >= 11 is 0. The lowest BCUT2D eigenvalue weighted by atomic mass is 9.68. The number of fused-ring (bicyclic) bond motifs is 2. The first kappa shape index (κ1) is 18.9. The van der Waals surface area contributed by atoms with Gasteiger partial charge >= 0.3 is 18.0 Å². The molecule has 3 N–H and O–H groups in total. The van der Waals surface area contributed by atoms with Gasteiger partial charge in [-0.3, -0.25) is 4.79 Å². The average molecular weight is 373 g/mol. The number of carbonyl (C=O) groups excluding carboxylic acids is 1. The Hall–Kier alpha value is -2.83. The molecule has 0 aliphatic heterocycles. The molecule has 7 heteroatoms. The van der Waals surface area contributed by atoms with Crippen molar-refractivity contribution in [3.8, 4) is 0 Å². The third-order valence-electron chi connectivity index (χ3n) is 5.78. The maximum atomic E-state index is 12.4. The topological polar surface area (TPSA) is 113 Å². The molecule has 0 heterocycles. The summed E-state index contributed by atoms with van der Waals surface area (Å²) in [6.45, 7) is 1.82. The molecule has 2 aliphatic rings. The first-order chi connectivity index (χ1) is 12.9. The number of hydrogen-bond donors (Lipinski definition) is 3. The van der Waals surface area contributed by atoms with E-state index in [-0.39, 0.29) is 18.4 Å². The molecule has 1 amide bonds. The van der Waals surface area contributed by atoms with Gasteiger partial charge in [0.05, 0.1) is 5.92 Å². The minimum Gasteiger partial charge on any atom is -0.481 e. The van der Waals surface area contributed by atoms with Crippen molar-refractivity contribution >= 4 is 18.0 Å². The number of carbonyl (C=O) groups is 3. The van der Waals surface area contributed by atoms with E-state index in [1.807, 2.05) is 25.1 Å². The molecule has 1 aromatic rings. The largest absolute Gasteiger partial charge is 0.481 e. The Morgan fingerprint density at radius 3 is 2.52 bits per heavy atom. The second kappa shape index (κ2) is 7.42. The molecule has 7 nitrogen and oxygen atoms in total. The van der Waals surface area contributed by atoms with E-state index in [1.165, 1.54) is 0 Å². The Morgan fingerprint density at radius 1 is 1.22 bits per heavy atom. The van der Waals surface area contributed by atoms with Crippen LogP contribution in [0.3, 0.4) is 0 Å². The second-order valence-corrected chi connectivity index (χ2v) is 7.20. The van der Waals surface area contributed by atoms with Crippen LogP contribution in [0.4, 0.5) is 4.79 Å². The molecule has 0 spiro atoms. The van der Waals surface area contributed by atoms with Gasteiger partial charge in [-0.15, -0.1) is 0 Å². The number of rotatable bonds is 6.